The van der Waals surface area contributed by atoms with Gasteiger partial charge in [0.15, 0.2) is 5.78 Å². The number of aliphatic hydroxyl groups is 1. The number of ketones is 1. The molecule has 0 atom stereocenters. The van der Waals surface area contributed by atoms with Crippen molar-refractivity contribution in [3.8, 4) is 23.3 Å². The molecule has 6 heteroatoms. The normalized spacial score (nSPS) is 10.7. The molecule has 208 valence electrons. The number of hydrogen-bond acceptors (Lipinski definition) is 5. The topological polar surface area (TPSA) is 84.9 Å². The summed E-state index contributed by atoms with van der Waals surface area (Å²) in [7, 11) is 3.17. The SMILES string of the molecule is COc1ccc(C(O)(c2ccc(OC)cc2)c2ccc(C(C)=O)c(C#CCCC(=O)NCc3ccccc3)c2)cc1. The van der Waals surface area contributed by atoms with Gasteiger partial charge < -0.3 is 19.9 Å². The highest BCUT2D eigenvalue weighted by molar-refractivity contribution is 5.96. The molecule has 0 aromatic heterocycles. The van der Waals surface area contributed by atoms with Gasteiger partial charge in [0, 0.05) is 30.5 Å². The maximum Gasteiger partial charge on any atom is 0.221 e. The average molecular weight is 548 g/mol. The van der Waals surface area contributed by atoms with E-state index in [0.717, 1.165) is 5.56 Å². The number of benzene rings is 4. The van der Waals surface area contributed by atoms with Crippen LogP contribution in [-0.4, -0.2) is 31.0 Å². The third kappa shape index (κ3) is 7.02. The van der Waals surface area contributed by atoms with Crippen LogP contribution in [0.1, 0.15) is 57.9 Å². The van der Waals surface area contributed by atoms with E-state index in [2.05, 4.69) is 17.2 Å². The van der Waals surface area contributed by atoms with Gasteiger partial charge in [-0.2, -0.15) is 0 Å². The molecule has 0 unspecified atom stereocenters. The first-order valence-corrected chi connectivity index (χ1v) is 13.3. The zero-order chi connectivity index (χ0) is 29.2. The van der Waals surface area contributed by atoms with Crippen LogP contribution in [0.2, 0.25) is 0 Å². The number of carbonyl (C=O) groups is 2. The molecule has 4 rings (SSSR count). The van der Waals surface area contributed by atoms with E-state index in [4.69, 9.17) is 9.47 Å². The van der Waals surface area contributed by atoms with E-state index in [1.165, 1.54) is 6.92 Å². The summed E-state index contributed by atoms with van der Waals surface area (Å²) in [6.07, 6.45) is 0.556. The van der Waals surface area contributed by atoms with Crippen LogP contribution in [0.3, 0.4) is 0 Å². The fraction of sp³-hybridized carbons (Fsp3) is 0.200. The van der Waals surface area contributed by atoms with Crippen molar-refractivity contribution < 1.29 is 24.2 Å². The Morgan fingerprint density at radius 1 is 0.805 bits per heavy atom. The van der Waals surface area contributed by atoms with Crippen LogP contribution in [0.4, 0.5) is 0 Å². The molecule has 0 bridgehead atoms. The van der Waals surface area contributed by atoms with Crippen molar-refractivity contribution in [1.82, 2.24) is 5.32 Å². The maximum absolute atomic E-state index is 12.4. The van der Waals surface area contributed by atoms with Crippen molar-refractivity contribution in [1.29, 1.82) is 0 Å². The lowest BCUT2D eigenvalue weighted by atomic mass is 9.79. The molecule has 0 radical (unpaired) electrons. The summed E-state index contributed by atoms with van der Waals surface area (Å²) in [5.41, 5.74) is 2.18. The second kappa shape index (κ2) is 13.5. The number of carbonyl (C=O) groups excluding carboxylic acids is 2. The van der Waals surface area contributed by atoms with Gasteiger partial charge in [-0.25, -0.2) is 0 Å². The smallest absolute Gasteiger partial charge is 0.221 e. The first-order chi connectivity index (χ1) is 19.8. The van der Waals surface area contributed by atoms with Crippen LogP contribution < -0.4 is 14.8 Å². The summed E-state index contributed by atoms with van der Waals surface area (Å²) in [4.78, 5) is 24.8. The van der Waals surface area contributed by atoms with E-state index < -0.39 is 5.60 Å². The Morgan fingerprint density at radius 2 is 1.37 bits per heavy atom. The van der Waals surface area contributed by atoms with E-state index in [1.54, 1.807) is 80.9 Å². The highest BCUT2D eigenvalue weighted by atomic mass is 16.5. The Morgan fingerprint density at radius 3 is 1.90 bits per heavy atom. The van der Waals surface area contributed by atoms with Gasteiger partial charge in [-0.1, -0.05) is 72.5 Å². The number of Topliss-reactive ketones (excluding diaryl/α,β-unsaturated/α-hetero) is 1. The van der Waals surface area contributed by atoms with Crippen molar-refractivity contribution in [2.45, 2.75) is 31.9 Å². The Bertz CT molecular complexity index is 1500. The van der Waals surface area contributed by atoms with Gasteiger partial charge in [0.25, 0.3) is 0 Å². The molecule has 0 spiro atoms. The molecular formula is C35H33NO5. The predicted octanol–water partition coefficient (Wildman–Crippen LogP) is 5.64. The van der Waals surface area contributed by atoms with Gasteiger partial charge in [0.1, 0.15) is 17.1 Å². The number of amides is 1. The number of nitrogens with one attached hydrogen (secondary N) is 1. The van der Waals surface area contributed by atoms with Crippen molar-refractivity contribution in [3.05, 3.63) is 130 Å². The zero-order valence-electron chi connectivity index (χ0n) is 23.4. The molecule has 0 aliphatic heterocycles. The largest absolute Gasteiger partial charge is 0.497 e. The second-order valence-electron chi connectivity index (χ2n) is 9.55. The van der Waals surface area contributed by atoms with Gasteiger partial charge >= 0.3 is 0 Å². The predicted molar refractivity (Wildman–Crippen MR) is 159 cm³/mol. The van der Waals surface area contributed by atoms with E-state index in [-0.39, 0.29) is 18.1 Å². The van der Waals surface area contributed by atoms with E-state index in [1.807, 2.05) is 30.3 Å². The minimum atomic E-state index is -1.55. The van der Waals surface area contributed by atoms with Crippen LogP contribution in [0, 0.1) is 11.8 Å². The molecule has 4 aromatic carbocycles. The summed E-state index contributed by atoms with van der Waals surface area (Å²) in [5.74, 6) is 7.20. The molecule has 0 aliphatic rings. The molecule has 0 saturated heterocycles. The Hall–Kier alpha value is -4.86. The van der Waals surface area contributed by atoms with Crippen molar-refractivity contribution >= 4 is 11.7 Å². The minimum absolute atomic E-state index is 0.0999. The molecule has 0 heterocycles. The maximum atomic E-state index is 12.4. The van der Waals surface area contributed by atoms with E-state index in [0.29, 0.717) is 52.3 Å². The molecular weight excluding hydrogens is 514 g/mol. The summed E-state index contributed by atoms with van der Waals surface area (Å²) in [6, 6.07) is 29.3. The van der Waals surface area contributed by atoms with Crippen molar-refractivity contribution in [2.24, 2.45) is 0 Å². The standard InChI is InChI=1S/C35H33NO5/c1-25(37)33-22-17-30(23-27(33)11-7-8-12-34(38)36-24-26-9-5-4-6-10-26)35(39,28-13-18-31(40-2)19-14-28)29-15-20-32(41-3)21-16-29/h4-6,9-10,13-23,39H,8,12,24H2,1-3H3,(H,36,38). The van der Waals surface area contributed by atoms with E-state index >= 15 is 0 Å². The fourth-order valence-electron chi connectivity index (χ4n) is 4.56. The lowest BCUT2D eigenvalue weighted by Crippen LogP contribution is -2.29. The summed E-state index contributed by atoms with van der Waals surface area (Å²) in [6.45, 7) is 1.94. The quantitative estimate of drug-likeness (QED) is 0.153. The molecule has 0 saturated carbocycles. The van der Waals surface area contributed by atoms with Crippen LogP contribution in [0.5, 0.6) is 11.5 Å². The first kappa shape index (κ1) is 29.1. The summed E-state index contributed by atoms with van der Waals surface area (Å²) >= 11 is 0. The number of ether oxygens (including phenoxy) is 2. The first-order valence-electron chi connectivity index (χ1n) is 13.3. The Kier molecular flexibility index (Phi) is 9.57. The molecule has 4 aromatic rings. The fourth-order valence-corrected chi connectivity index (χ4v) is 4.56. The van der Waals surface area contributed by atoms with Crippen LogP contribution >= 0.6 is 0 Å². The highest BCUT2D eigenvalue weighted by Gasteiger charge is 2.34. The lowest BCUT2D eigenvalue weighted by molar-refractivity contribution is -0.121. The highest BCUT2D eigenvalue weighted by Crippen LogP contribution is 2.38. The average Bonchev–Trinajstić information content (AvgIpc) is 3.02. The molecule has 6 nitrogen and oxygen atoms in total. The van der Waals surface area contributed by atoms with E-state index in [9.17, 15) is 14.7 Å². The van der Waals surface area contributed by atoms with Crippen molar-refractivity contribution in [2.75, 3.05) is 14.2 Å². The zero-order valence-corrected chi connectivity index (χ0v) is 23.4. The molecule has 2 N–H and O–H groups in total. The van der Waals surface area contributed by atoms with Crippen LogP contribution in [0.15, 0.2) is 97.1 Å². The molecule has 0 aliphatic carbocycles. The van der Waals surface area contributed by atoms with Crippen molar-refractivity contribution in [3.63, 3.8) is 0 Å². The third-order valence-electron chi connectivity index (χ3n) is 6.86. The second-order valence-corrected chi connectivity index (χ2v) is 9.55. The van der Waals surface area contributed by atoms with Crippen LogP contribution in [-0.2, 0) is 16.9 Å². The minimum Gasteiger partial charge on any atom is -0.497 e. The molecule has 1 amide bonds. The monoisotopic (exact) mass is 547 g/mol. The Labute approximate surface area is 241 Å². The van der Waals surface area contributed by atoms with Gasteiger partial charge in [-0.3, -0.25) is 9.59 Å². The summed E-state index contributed by atoms with van der Waals surface area (Å²) in [5, 5.41) is 15.2. The molecule has 41 heavy (non-hydrogen) atoms. The third-order valence-corrected chi connectivity index (χ3v) is 6.86. The van der Waals surface area contributed by atoms with Gasteiger partial charge in [-0.15, -0.1) is 0 Å². The molecule has 0 fully saturated rings. The number of methoxy groups -OCH3 is 2. The number of hydrogen-bond donors (Lipinski definition) is 2. The van der Waals surface area contributed by atoms with Gasteiger partial charge in [0.2, 0.25) is 5.91 Å². The lowest BCUT2D eigenvalue weighted by Gasteiger charge is -2.31. The number of rotatable bonds is 10. The van der Waals surface area contributed by atoms with Gasteiger partial charge in [-0.05, 0) is 65.6 Å². The Balaban J connectivity index is 1.63. The van der Waals surface area contributed by atoms with Crippen LogP contribution in [0.25, 0.3) is 0 Å². The summed E-state index contributed by atoms with van der Waals surface area (Å²) < 4.78 is 10.6. The van der Waals surface area contributed by atoms with Gasteiger partial charge in [0.05, 0.1) is 14.2 Å².